The summed E-state index contributed by atoms with van der Waals surface area (Å²) in [6, 6.07) is 12.3. The third-order valence-corrected chi connectivity index (χ3v) is 7.73. The van der Waals surface area contributed by atoms with E-state index < -0.39 is 9.84 Å². The van der Waals surface area contributed by atoms with Crippen molar-refractivity contribution in [3.8, 4) is 0 Å². The maximum atomic E-state index is 12.7. The van der Waals surface area contributed by atoms with E-state index in [9.17, 15) is 13.2 Å². The number of likely N-dealkylation sites (N-methyl/N-ethyl adjacent to an activating group) is 1. The van der Waals surface area contributed by atoms with E-state index in [4.69, 9.17) is 0 Å². The van der Waals surface area contributed by atoms with E-state index in [1.807, 2.05) is 12.1 Å². The summed E-state index contributed by atoms with van der Waals surface area (Å²) < 4.78 is 24.5. The second-order valence-electron chi connectivity index (χ2n) is 7.28. The lowest BCUT2D eigenvalue weighted by molar-refractivity contribution is 0.102. The summed E-state index contributed by atoms with van der Waals surface area (Å²) in [4.78, 5) is 15.3. The highest BCUT2D eigenvalue weighted by Crippen LogP contribution is 2.33. The number of rotatable bonds is 5. The molecule has 2 aromatic rings. The van der Waals surface area contributed by atoms with Crippen molar-refractivity contribution < 1.29 is 13.2 Å². The molecule has 1 heterocycles. The molecular formula is C21H24N2O3S. The summed E-state index contributed by atoms with van der Waals surface area (Å²) in [5, 5.41) is 2.77. The third-order valence-electron chi connectivity index (χ3n) is 5.45. The number of sulfone groups is 1. The molecule has 0 radical (unpaired) electrons. The number of hydrogen-bond acceptors (Lipinski definition) is 4. The molecule has 1 aliphatic heterocycles. The summed E-state index contributed by atoms with van der Waals surface area (Å²) >= 11 is 0. The summed E-state index contributed by atoms with van der Waals surface area (Å²) in [5.41, 5.74) is 3.77. The van der Waals surface area contributed by atoms with E-state index in [1.165, 1.54) is 11.1 Å². The molecule has 0 spiro atoms. The number of anilines is 1. The van der Waals surface area contributed by atoms with E-state index in [-0.39, 0.29) is 11.2 Å². The molecule has 1 saturated carbocycles. The van der Waals surface area contributed by atoms with Crippen molar-refractivity contribution in [1.29, 1.82) is 0 Å². The molecule has 142 valence electrons. The summed E-state index contributed by atoms with van der Waals surface area (Å²) in [7, 11) is -3.22. The second kappa shape index (κ2) is 7.09. The molecule has 0 saturated heterocycles. The van der Waals surface area contributed by atoms with E-state index >= 15 is 0 Å². The van der Waals surface area contributed by atoms with Gasteiger partial charge in [0.25, 0.3) is 5.91 Å². The fraction of sp³-hybridized carbons (Fsp3) is 0.381. The molecule has 4 rings (SSSR count). The Hall–Kier alpha value is -2.18. The number of amides is 1. The van der Waals surface area contributed by atoms with Crippen molar-refractivity contribution in [2.75, 3.05) is 18.4 Å². The average Bonchev–Trinajstić information content (AvgIpc) is 3.53. The van der Waals surface area contributed by atoms with E-state index in [0.717, 1.165) is 44.6 Å². The van der Waals surface area contributed by atoms with Gasteiger partial charge in [-0.1, -0.05) is 19.1 Å². The molecule has 1 fully saturated rings. The van der Waals surface area contributed by atoms with E-state index in [2.05, 4.69) is 23.2 Å². The Bertz CT molecular complexity index is 963. The smallest absolute Gasteiger partial charge is 0.255 e. The Morgan fingerprint density at radius 1 is 1.15 bits per heavy atom. The molecule has 1 aliphatic carbocycles. The molecule has 0 aromatic heterocycles. The molecule has 5 nitrogen and oxygen atoms in total. The van der Waals surface area contributed by atoms with Gasteiger partial charge in [0.1, 0.15) is 0 Å². The Balaban J connectivity index is 1.52. The van der Waals surface area contributed by atoms with E-state index in [1.54, 1.807) is 24.3 Å². The lowest BCUT2D eigenvalue weighted by Crippen LogP contribution is -2.31. The van der Waals surface area contributed by atoms with Crippen LogP contribution in [0.25, 0.3) is 0 Å². The van der Waals surface area contributed by atoms with Gasteiger partial charge >= 0.3 is 0 Å². The van der Waals surface area contributed by atoms with Crippen molar-refractivity contribution in [1.82, 2.24) is 4.90 Å². The van der Waals surface area contributed by atoms with Gasteiger partial charge in [-0.25, -0.2) is 8.42 Å². The Labute approximate surface area is 160 Å². The Morgan fingerprint density at radius 3 is 2.56 bits per heavy atom. The van der Waals surface area contributed by atoms with Crippen LogP contribution < -0.4 is 5.32 Å². The zero-order chi connectivity index (χ0) is 19.0. The average molecular weight is 385 g/mol. The molecule has 0 unspecified atom stereocenters. The van der Waals surface area contributed by atoms with Crippen LogP contribution in [0.3, 0.4) is 0 Å². The zero-order valence-corrected chi connectivity index (χ0v) is 16.3. The number of benzene rings is 2. The molecule has 1 N–H and O–H groups in total. The molecule has 0 bridgehead atoms. The Morgan fingerprint density at radius 2 is 1.89 bits per heavy atom. The zero-order valence-electron chi connectivity index (χ0n) is 15.4. The minimum absolute atomic E-state index is 0.211. The van der Waals surface area contributed by atoms with Crippen molar-refractivity contribution in [2.45, 2.75) is 42.9 Å². The quantitative estimate of drug-likeness (QED) is 0.859. The fourth-order valence-corrected chi connectivity index (χ4v) is 5.27. The van der Waals surface area contributed by atoms with Crippen molar-refractivity contribution in [2.24, 2.45) is 0 Å². The van der Waals surface area contributed by atoms with Crippen molar-refractivity contribution in [3.63, 3.8) is 0 Å². The number of nitrogens with one attached hydrogen (secondary N) is 1. The molecule has 2 aromatic carbocycles. The first kappa shape index (κ1) is 18.2. The first-order chi connectivity index (χ1) is 13.0. The largest absolute Gasteiger partial charge is 0.322 e. The lowest BCUT2D eigenvalue weighted by atomic mass is 9.97. The van der Waals surface area contributed by atoms with Gasteiger partial charge in [-0.05, 0) is 67.3 Å². The van der Waals surface area contributed by atoms with Crippen LogP contribution in [0.4, 0.5) is 5.69 Å². The highest BCUT2D eigenvalue weighted by molar-refractivity contribution is 7.92. The topological polar surface area (TPSA) is 66.5 Å². The summed E-state index contributed by atoms with van der Waals surface area (Å²) in [6.45, 7) is 5.07. The molecule has 27 heavy (non-hydrogen) atoms. The second-order valence-corrected chi connectivity index (χ2v) is 9.51. The van der Waals surface area contributed by atoms with E-state index in [0.29, 0.717) is 10.5 Å². The number of carbonyl (C=O) groups is 1. The normalized spacial score (nSPS) is 17.4. The number of fused-ring (bicyclic) bond motifs is 1. The van der Waals surface area contributed by atoms with Crippen LogP contribution in [0.5, 0.6) is 0 Å². The SMILES string of the molecule is CCN1CCc2c(cccc2NC(=O)c2ccc(S(=O)(=O)C3CC3)cc2)C1. The highest BCUT2D eigenvalue weighted by atomic mass is 32.2. The van der Waals surface area contributed by atoms with Crippen LogP contribution in [-0.4, -0.2) is 37.6 Å². The number of nitrogens with zero attached hydrogens (tertiary/aromatic N) is 1. The lowest BCUT2D eigenvalue weighted by Gasteiger charge is -2.29. The minimum atomic E-state index is -3.22. The minimum Gasteiger partial charge on any atom is -0.322 e. The first-order valence-corrected chi connectivity index (χ1v) is 11.0. The predicted octanol–water partition coefficient (Wildman–Crippen LogP) is 3.25. The molecule has 6 heteroatoms. The van der Waals surface area contributed by atoms with Crippen LogP contribution >= 0.6 is 0 Å². The maximum absolute atomic E-state index is 12.7. The van der Waals surface area contributed by atoms with Gasteiger partial charge in [0.2, 0.25) is 0 Å². The monoisotopic (exact) mass is 384 g/mol. The van der Waals surface area contributed by atoms with Crippen LogP contribution in [0, 0.1) is 0 Å². The molecule has 2 aliphatic rings. The Kier molecular flexibility index (Phi) is 4.78. The number of carbonyl (C=O) groups excluding carboxylic acids is 1. The van der Waals surface area contributed by atoms with Crippen LogP contribution in [0.1, 0.15) is 41.3 Å². The summed E-state index contributed by atoms with van der Waals surface area (Å²) in [5.74, 6) is -0.211. The molecule has 1 amide bonds. The van der Waals surface area contributed by atoms with Gasteiger partial charge in [0.15, 0.2) is 9.84 Å². The van der Waals surface area contributed by atoms with Gasteiger partial charge < -0.3 is 5.32 Å². The van der Waals surface area contributed by atoms with Gasteiger partial charge in [-0.15, -0.1) is 0 Å². The summed E-state index contributed by atoms with van der Waals surface area (Å²) in [6.07, 6.45) is 2.39. The third kappa shape index (κ3) is 3.64. The van der Waals surface area contributed by atoms with Crippen LogP contribution in [0.2, 0.25) is 0 Å². The van der Waals surface area contributed by atoms with Crippen molar-refractivity contribution in [3.05, 3.63) is 59.2 Å². The van der Waals surface area contributed by atoms with Gasteiger partial charge in [-0.3, -0.25) is 9.69 Å². The molecular weight excluding hydrogens is 360 g/mol. The van der Waals surface area contributed by atoms with Gasteiger partial charge in [-0.2, -0.15) is 0 Å². The van der Waals surface area contributed by atoms with Gasteiger partial charge in [0, 0.05) is 24.3 Å². The number of hydrogen-bond donors (Lipinski definition) is 1. The predicted molar refractivity (Wildman–Crippen MR) is 106 cm³/mol. The van der Waals surface area contributed by atoms with Gasteiger partial charge in [0.05, 0.1) is 10.1 Å². The van der Waals surface area contributed by atoms with Crippen LogP contribution in [0.15, 0.2) is 47.4 Å². The molecule has 0 atom stereocenters. The fourth-order valence-electron chi connectivity index (χ4n) is 3.62. The van der Waals surface area contributed by atoms with Crippen molar-refractivity contribution >= 4 is 21.4 Å². The standard InChI is InChI=1S/C21H24N2O3S/c1-2-23-13-12-19-16(14-23)4-3-5-20(19)22-21(24)15-6-8-17(9-7-15)27(25,26)18-10-11-18/h3-9,18H,2,10-14H2,1H3,(H,22,24). The maximum Gasteiger partial charge on any atom is 0.255 e. The van der Waals surface area contributed by atoms with Crippen LogP contribution in [-0.2, 0) is 22.8 Å². The highest BCUT2D eigenvalue weighted by Gasteiger charge is 2.36. The first-order valence-electron chi connectivity index (χ1n) is 9.47.